The molecule has 0 unspecified atom stereocenters. The average molecular weight is 319 g/mol. The molecule has 0 fully saturated rings. The summed E-state index contributed by atoms with van der Waals surface area (Å²) in [6.07, 6.45) is 6.22. The molecular weight excluding hydrogens is 298 g/mol. The van der Waals surface area contributed by atoms with Crippen molar-refractivity contribution in [1.29, 1.82) is 0 Å². The average Bonchev–Trinajstić information content (AvgIpc) is 2.96. The molecule has 7 heteroatoms. The Labute approximate surface area is 134 Å². The first-order chi connectivity index (χ1) is 10.8. The first-order valence-corrected chi connectivity index (χ1v) is 7.98. The third-order valence-electron chi connectivity index (χ3n) is 2.82. The van der Waals surface area contributed by atoms with Gasteiger partial charge in [-0.05, 0) is 19.1 Å². The summed E-state index contributed by atoms with van der Waals surface area (Å²) >= 11 is 1.73. The molecule has 22 heavy (non-hydrogen) atoms. The first-order valence-electron chi connectivity index (χ1n) is 7.16. The van der Waals surface area contributed by atoms with Gasteiger partial charge in [-0.2, -0.15) is 0 Å². The molecule has 118 valence electrons. The number of rotatable bonds is 7. The fourth-order valence-electron chi connectivity index (χ4n) is 1.80. The van der Waals surface area contributed by atoms with Crippen molar-refractivity contribution in [2.45, 2.75) is 13.3 Å². The highest BCUT2D eigenvalue weighted by molar-refractivity contribution is 7.11. The van der Waals surface area contributed by atoms with Gasteiger partial charge in [0, 0.05) is 37.3 Å². The van der Waals surface area contributed by atoms with Crippen LogP contribution in [-0.2, 0) is 6.42 Å². The van der Waals surface area contributed by atoms with Gasteiger partial charge in [0.15, 0.2) is 5.96 Å². The van der Waals surface area contributed by atoms with Crippen LogP contribution in [0.15, 0.2) is 35.7 Å². The molecule has 0 aliphatic carbocycles. The lowest BCUT2D eigenvalue weighted by Crippen LogP contribution is -2.40. The van der Waals surface area contributed by atoms with Crippen molar-refractivity contribution in [2.75, 3.05) is 26.7 Å². The maximum Gasteiger partial charge on any atom is 0.191 e. The maximum absolute atomic E-state index is 5.56. The van der Waals surface area contributed by atoms with Crippen molar-refractivity contribution >= 4 is 17.3 Å². The van der Waals surface area contributed by atoms with Crippen LogP contribution >= 0.6 is 11.3 Å². The van der Waals surface area contributed by atoms with E-state index in [4.69, 9.17) is 4.74 Å². The van der Waals surface area contributed by atoms with Gasteiger partial charge in [0.2, 0.25) is 0 Å². The van der Waals surface area contributed by atoms with Gasteiger partial charge in [-0.3, -0.25) is 9.98 Å². The number of guanidine groups is 1. The molecule has 0 aromatic carbocycles. The number of nitrogens with zero attached hydrogens (tertiary/aromatic N) is 3. The summed E-state index contributed by atoms with van der Waals surface area (Å²) in [7, 11) is 1.75. The Bertz CT molecular complexity index is 585. The lowest BCUT2D eigenvalue weighted by Gasteiger charge is -2.11. The number of hydrogen-bond donors (Lipinski definition) is 2. The predicted molar refractivity (Wildman–Crippen MR) is 89.7 cm³/mol. The van der Waals surface area contributed by atoms with E-state index in [2.05, 4.69) is 32.5 Å². The van der Waals surface area contributed by atoms with Crippen molar-refractivity contribution < 1.29 is 4.74 Å². The van der Waals surface area contributed by atoms with Crippen LogP contribution in [0.5, 0.6) is 5.75 Å². The monoisotopic (exact) mass is 319 g/mol. The third-order valence-corrected chi connectivity index (χ3v) is 3.79. The number of nitrogens with one attached hydrogen (secondary N) is 2. The van der Waals surface area contributed by atoms with Gasteiger partial charge in [0.05, 0.1) is 17.7 Å². The highest BCUT2D eigenvalue weighted by atomic mass is 32.1. The Morgan fingerprint density at radius 3 is 2.86 bits per heavy atom. The molecular formula is C15H21N5OS. The number of pyridine rings is 1. The van der Waals surface area contributed by atoms with E-state index in [0.717, 1.165) is 29.7 Å². The maximum atomic E-state index is 5.56. The smallest absolute Gasteiger partial charge is 0.191 e. The Hall–Kier alpha value is -2.15. The summed E-state index contributed by atoms with van der Waals surface area (Å²) in [6.45, 7) is 4.09. The van der Waals surface area contributed by atoms with E-state index >= 15 is 0 Å². The molecule has 2 rings (SSSR count). The summed E-state index contributed by atoms with van der Waals surface area (Å²) in [4.78, 5) is 13.8. The van der Waals surface area contributed by atoms with Gasteiger partial charge in [-0.15, -0.1) is 11.3 Å². The van der Waals surface area contributed by atoms with Gasteiger partial charge in [0.1, 0.15) is 12.4 Å². The fourth-order valence-corrected chi connectivity index (χ4v) is 2.58. The molecule has 2 heterocycles. The number of aryl methyl sites for hydroxylation is 1. The van der Waals surface area contributed by atoms with E-state index < -0.39 is 0 Å². The Kier molecular flexibility index (Phi) is 6.63. The second-order valence-electron chi connectivity index (χ2n) is 4.58. The molecule has 0 saturated carbocycles. The van der Waals surface area contributed by atoms with Gasteiger partial charge < -0.3 is 15.4 Å². The van der Waals surface area contributed by atoms with Gasteiger partial charge in [0.25, 0.3) is 0 Å². The molecule has 6 nitrogen and oxygen atoms in total. The normalized spacial score (nSPS) is 11.3. The number of thiazole rings is 1. The van der Waals surface area contributed by atoms with Crippen LogP contribution in [0.25, 0.3) is 0 Å². The second kappa shape index (κ2) is 8.99. The zero-order chi connectivity index (χ0) is 15.6. The van der Waals surface area contributed by atoms with E-state index in [0.29, 0.717) is 13.2 Å². The summed E-state index contributed by atoms with van der Waals surface area (Å²) < 4.78 is 5.56. The molecule has 0 atom stereocenters. The molecule has 0 radical (unpaired) electrons. The first kappa shape index (κ1) is 16.2. The fraction of sp³-hybridized carbons (Fsp3) is 0.400. The number of hydrogen-bond acceptors (Lipinski definition) is 5. The number of ether oxygens (including phenoxy) is 1. The SMILES string of the molecule is CN=C(NCCOc1cccnc1)NCCc1ncc(C)s1. The zero-order valence-corrected chi connectivity index (χ0v) is 13.7. The van der Waals surface area contributed by atoms with E-state index in [-0.39, 0.29) is 0 Å². The van der Waals surface area contributed by atoms with E-state index in [1.807, 2.05) is 18.3 Å². The standard InChI is InChI=1S/C15H21N5OS/c1-12-10-20-14(22-12)5-7-18-15(16-2)19-8-9-21-13-4-3-6-17-11-13/h3-4,6,10-11H,5,7-9H2,1-2H3,(H2,16,18,19). The Morgan fingerprint density at radius 2 is 2.18 bits per heavy atom. The summed E-state index contributed by atoms with van der Waals surface area (Å²) in [5.41, 5.74) is 0. The van der Waals surface area contributed by atoms with Gasteiger partial charge in [-0.25, -0.2) is 4.98 Å². The van der Waals surface area contributed by atoms with Crippen LogP contribution in [0, 0.1) is 6.92 Å². The van der Waals surface area contributed by atoms with Crippen LogP contribution in [0.1, 0.15) is 9.88 Å². The van der Waals surface area contributed by atoms with Crippen molar-refractivity contribution in [2.24, 2.45) is 4.99 Å². The molecule has 0 aliphatic rings. The molecule has 0 amide bonds. The summed E-state index contributed by atoms with van der Waals surface area (Å²) in [6, 6.07) is 3.74. The van der Waals surface area contributed by atoms with Gasteiger partial charge in [-0.1, -0.05) is 0 Å². The number of aromatic nitrogens is 2. The van der Waals surface area contributed by atoms with Crippen LogP contribution in [0.4, 0.5) is 0 Å². The van der Waals surface area contributed by atoms with Crippen LogP contribution in [-0.4, -0.2) is 42.7 Å². The predicted octanol–water partition coefficient (Wildman–Crippen LogP) is 1.63. The van der Waals surface area contributed by atoms with Crippen LogP contribution in [0.3, 0.4) is 0 Å². The molecule has 2 aromatic heterocycles. The molecule has 0 saturated heterocycles. The second-order valence-corrected chi connectivity index (χ2v) is 5.90. The quantitative estimate of drug-likeness (QED) is 0.461. The minimum Gasteiger partial charge on any atom is -0.490 e. The van der Waals surface area contributed by atoms with Gasteiger partial charge >= 0.3 is 0 Å². The topological polar surface area (TPSA) is 71.4 Å². The molecule has 0 bridgehead atoms. The molecule has 0 spiro atoms. The molecule has 2 aromatic rings. The van der Waals surface area contributed by atoms with E-state index in [1.54, 1.807) is 30.8 Å². The third kappa shape index (κ3) is 5.69. The molecule has 0 aliphatic heterocycles. The minimum atomic E-state index is 0.554. The van der Waals surface area contributed by atoms with Crippen molar-refractivity contribution in [3.05, 3.63) is 40.6 Å². The van der Waals surface area contributed by atoms with Crippen LogP contribution < -0.4 is 15.4 Å². The van der Waals surface area contributed by atoms with Crippen molar-refractivity contribution in [1.82, 2.24) is 20.6 Å². The lowest BCUT2D eigenvalue weighted by molar-refractivity contribution is 0.320. The summed E-state index contributed by atoms with van der Waals surface area (Å²) in [5, 5.41) is 7.61. The van der Waals surface area contributed by atoms with Crippen LogP contribution in [0.2, 0.25) is 0 Å². The van der Waals surface area contributed by atoms with Crippen molar-refractivity contribution in [3.63, 3.8) is 0 Å². The minimum absolute atomic E-state index is 0.554. The summed E-state index contributed by atoms with van der Waals surface area (Å²) in [5.74, 6) is 1.54. The Balaban J connectivity index is 1.61. The Morgan fingerprint density at radius 1 is 1.32 bits per heavy atom. The van der Waals surface area contributed by atoms with E-state index in [1.165, 1.54) is 4.88 Å². The lowest BCUT2D eigenvalue weighted by atomic mass is 10.4. The number of aliphatic imine (C=N–C) groups is 1. The zero-order valence-electron chi connectivity index (χ0n) is 12.9. The molecule has 2 N–H and O–H groups in total. The highest BCUT2D eigenvalue weighted by Crippen LogP contribution is 2.10. The largest absolute Gasteiger partial charge is 0.490 e. The van der Waals surface area contributed by atoms with E-state index in [9.17, 15) is 0 Å². The van der Waals surface area contributed by atoms with Crippen molar-refractivity contribution in [3.8, 4) is 5.75 Å². The highest BCUT2D eigenvalue weighted by Gasteiger charge is 2.01.